The molecule has 1 heterocycles. The van der Waals surface area contributed by atoms with Crippen molar-refractivity contribution in [1.82, 2.24) is 9.97 Å². The van der Waals surface area contributed by atoms with Gasteiger partial charge in [-0.15, -0.1) is 0 Å². The van der Waals surface area contributed by atoms with Crippen LogP contribution >= 0.6 is 0 Å². The van der Waals surface area contributed by atoms with Crippen LogP contribution in [-0.4, -0.2) is 15.7 Å². The van der Waals surface area contributed by atoms with Gasteiger partial charge in [0.05, 0.1) is 11.9 Å². The Labute approximate surface area is 108 Å². The molecule has 0 atom stereocenters. The van der Waals surface area contributed by atoms with Gasteiger partial charge in [0, 0.05) is 5.56 Å². The van der Waals surface area contributed by atoms with E-state index in [1.807, 2.05) is 18.2 Å². The molecule has 19 heavy (non-hydrogen) atoms. The lowest BCUT2D eigenvalue weighted by Gasteiger charge is -2.01. The van der Waals surface area contributed by atoms with Gasteiger partial charge in [0.2, 0.25) is 0 Å². The first-order valence-electron chi connectivity index (χ1n) is 5.84. The average molecular weight is 258 g/mol. The number of benzene rings is 1. The molecule has 3 rings (SSSR count). The Balaban J connectivity index is 1.82. The van der Waals surface area contributed by atoms with Gasteiger partial charge in [-0.2, -0.15) is 9.97 Å². The van der Waals surface area contributed by atoms with Crippen molar-refractivity contribution >= 4 is 11.5 Å². The largest absolute Gasteiger partial charge is 0.381 e. The number of nitrogens with two attached hydrogens (primary N) is 1. The molecule has 0 bridgehead atoms. The van der Waals surface area contributed by atoms with Gasteiger partial charge in [0.25, 0.3) is 0 Å². The minimum atomic E-state index is -0.675. The maximum atomic E-state index is 12.9. The second-order valence-electron chi connectivity index (χ2n) is 4.17. The van der Waals surface area contributed by atoms with Crippen LogP contribution in [0.15, 0.2) is 35.6 Å². The lowest BCUT2D eigenvalue weighted by molar-refractivity contribution is 0.311. The summed E-state index contributed by atoms with van der Waals surface area (Å²) >= 11 is 0. The van der Waals surface area contributed by atoms with E-state index < -0.39 is 5.82 Å². The van der Waals surface area contributed by atoms with Crippen LogP contribution in [-0.2, 0) is 6.42 Å². The van der Waals surface area contributed by atoms with E-state index in [1.54, 1.807) is 0 Å². The number of nitrogens with zero attached hydrogens (tertiary/aromatic N) is 3. The SMILES string of the molecule is Nc1nc(ON=C2CCc3ccccc32)ncc1F. The quantitative estimate of drug-likeness (QED) is 0.835. The average Bonchev–Trinajstić information content (AvgIpc) is 2.83. The molecule has 2 N–H and O–H groups in total. The number of hydrogen-bond acceptors (Lipinski definition) is 5. The van der Waals surface area contributed by atoms with Gasteiger partial charge in [-0.05, 0) is 18.4 Å². The van der Waals surface area contributed by atoms with Crippen LogP contribution in [0.1, 0.15) is 17.5 Å². The van der Waals surface area contributed by atoms with Crippen molar-refractivity contribution in [3.8, 4) is 6.01 Å². The number of rotatable bonds is 2. The van der Waals surface area contributed by atoms with Crippen LogP contribution < -0.4 is 10.6 Å². The van der Waals surface area contributed by atoms with Crippen molar-refractivity contribution in [1.29, 1.82) is 0 Å². The summed E-state index contributed by atoms with van der Waals surface area (Å²) < 4.78 is 12.9. The van der Waals surface area contributed by atoms with Crippen LogP contribution in [0.25, 0.3) is 0 Å². The number of halogens is 1. The molecule has 0 radical (unpaired) electrons. The highest BCUT2D eigenvalue weighted by atomic mass is 19.1. The topological polar surface area (TPSA) is 73.4 Å². The highest BCUT2D eigenvalue weighted by Gasteiger charge is 2.17. The minimum Gasteiger partial charge on any atom is -0.381 e. The molecule has 0 aliphatic heterocycles. The standard InChI is InChI=1S/C13H11FN4O/c14-10-7-16-13(17-12(10)15)19-18-11-6-5-8-3-1-2-4-9(8)11/h1-4,7H,5-6H2,(H2,15,16,17). The maximum Gasteiger partial charge on any atom is 0.347 e. The van der Waals surface area contributed by atoms with Crippen molar-refractivity contribution in [3.63, 3.8) is 0 Å². The van der Waals surface area contributed by atoms with E-state index in [9.17, 15) is 4.39 Å². The molecule has 96 valence electrons. The van der Waals surface area contributed by atoms with Crippen molar-refractivity contribution in [2.75, 3.05) is 5.73 Å². The first-order valence-corrected chi connectivity index (χ1v) is 5.84. The molecular formula is C13H11FN4O. The second kappa shape index (κ2) is 4.64. The number of aromatic nitrogens is 2. The summed E-state index contributed by atoms with van der Waals surface area (Å²) in [7, 11) is 0. The Morgan fingerprint density at radius 3 is 2.95 bits per heavy atom. The summed E-state index contributed by atoms with van der Waals surface area (Å²) in [6.45, 7) is 0. The zero-order chi connectivity index (χ0) is 13.2. The van der Waals surface area contributed by atoms with Gasteiger partial charge in [-0.1, -0.05) is 29.4 Å². The molecule has 0 saturated carbocycles. The zero-order valence-corrected chi connectivity index (χ0v) is 10.0. The predicted octanol–water partition coefficient (Wildman–Crippen LogP) is 1.93. The Kier molecular flexibility index (Phi) is 2.83. The third kappa shape index (κ3) is 2.24. The third-order valence-electron chi connectivity index (χ3n) is 2.95. The Morgan fingerprint density at radius 1 is 1.26 bits per heavy atom. The fourth-order valence-electron chi connectivity index (χ4n) is 2.01. The van der Waals surface area contributed by atoms with E-state index in [2.05, 4.69) is 21.2 Å². The van der Waals surface area contributed by atoms with Crippen LogP contribution in [0.4, 0.5) is 10.2 Å². The highest BCUT2D eigenvalue weighted by molar-refractivity contribution is 6.04. The van der Waals surface area contributed by atoms with Gasteiger partial charge in [0.1, 0.15) is 0 Å². The summed E-state index contributed by atoms with van der Waals surface area (Å²) in [6, 6.07) is 7.93. The van der Waals surface area contributed by atoms with E-state index in [-0.39, 0.29) is 11.8 Å². The first-order chi connectivity index (χ1) is 9.24. The summed E-state index contributed by atoms with van der Waals surface area (Å²) in [5.41, 5.74) is 8.47. The maximum absolute atomic E-state index is 12.9. The van der Waals surface area contributed by atoms with E-state index in [0.29, 0.717) is 0 Å². The minimum absolute atomic E-state index is 0.0595. The third-order valence-corrected chi connectivity index (χ3v) is 2.95. The van der Waals surface area contributed by atoms with E-state index in [4.69, 9.17) is 10.6 Å². The molecule has 1 aliphatic rings. The van der Waals surface area contributed by atoms with Crippen molar-refractivity contribution in [2.45, 2.75) is 12.8 Å². The van der Waals surface area contributed by atoms with Crippen molar-refractivity contribution < 1.29 is 9.23 Å². The number of aryl methyl sites for hydroxylation is 1. The molecule has 0 spiro atoms. The van der Waals surface area contributed by atoms with E-state index in [0.717, 1.165) is 30.3 Å². The monoisotopic (exact) mass is 258 g/mol. The van der Waals surface area contributed by atoms with Gasteiger partial charge < -0.3 is 10.6 Å². The van der Waals surface area contributed by atoms with Crippen LogP contribution in [0.5, 0.6) is 6.01 Å². The number of fused-ring (bicyclic) bond motifs is 1. The molecule has 0 saturated heterocycles. The van der Waals surface area contributed by atoms with E-state index in [1.165, 1.54) is 5.56 Å². The summed E-state index contributed by atoms with van der Waals surface area (Å²) in [5.74, 6) is -0.928. The van der Waals surface area contributed by atoms with Crippen LogP contribution in [0.2, 0.25) is 0 Å². The summed E-state index contributed by atoms with van der Waals surface area (Å²) in [4.78, 5) is 12.4. The van der Waals surface area contributed by atoms with Gasteiger partial charge in [-0.3, -0.25) is 0 Å². The molecule has 0 fully saturated rings. The summed E-state index contributed by atoms with van der Waals surface area (Å²) in [6.07, 6.45) is 2.70. The summed E-state index contributed by atoms with van der Waals surface area (Å²) in [5, 5.41) is 4.02. The molecule has 6 heteroatoms. The Bertz CT molecular complexity index is 657. The van der Waals surface area contributed by atoms with Gasteiger partial charge in [0.15, 0.2) is 11.6 Å². The fraction of sp³-hybridized carbons (Fsp3) is 0.154. The number of hydrogen-bond donors (Lipinski definition) is 1. The normalized spacial score (nSPS) is 15.5. The van der Waals surface area contributed by atoms with Crippen molar-refractivity contribution in [3.05, 3.63) is 47.4 Å². The lowest BCUT2D eigenvalue weighted by Crippen LogP contribution is -2.02. The predicted molar refractivity (Wildman–Crippen MR) is 68.3 cm³/mol. The first kappa shape index (κ1) is 11.6. The van der Waals surface area contributed by atoms with Crippen molar-refractivity contribution in [2.24, 2.45) is 5.16 Å². The second-order valence-corrected chi connectivity index (χ2v) is 4.17. The molecular weight excluding hydrogens is 247 g/mol. The molecule has 1 aromatic heterocycles. The fourth-order valence-corrected chi connectivity index (χ4v) is 2.01. The van der Waals surface area contributed by atoms with E-state index >= 15 is 0 Å². The molecule has 2 aromatic rings. The van der Waals surface area contributed by atoms with Gasteiger partial charge >= 0.3 is 6.01 Å². The molecule has 0 amide bonds. The molecule has 1 aliphatic carbocycles. The number of anilines is 1. The Morgan fingerprint density at radius 2 is 2.11 bits per heavy atom. The van der Waals surface area contributed by atoms with Crippen LogP contribution in [0, 0.1) is 5.82 Å². The zero-order valence-electron chi connectivity index (χ0n) is 10.0. The highest BCUT2D eigenvalue weighted by Crippen LogP contribution is 2.22. The Hall–Kier alpha value is -2.50. The molecule has 0 unspecified atom stereocenters. The smallest absolute Gasteiger partial charge is 0.347 e. The number of nitrogen functional groups attached to an aromatic ring is 1. The molecule has 1 aromatic carbocycles. The number of oxime groups is 1. The van der Waals surface area contributed by atoms with Gasteiger partial charge in [-0.25, -0.2) is 4.39 Å². The van der Waals surface area contributed by atoms with Crippen LogP contribution in [0.3, 0.4) is 0 Å². The lowest BCUT2D eigenvalue weighted by atomic mass is 10.1. The molecule has 5 nitrogen and oxygen atoms in total.